The Morgan fingerprint density at radius 1 is 1.15 bits per heavy atom. The summed E-state index contributed by atoms with van der Waals surface area (Å²) in [5.41, 5.74) is 1.35. The van der Waals surface area contributed by atoms with Crippen LogP contribution in [0.4, 0.5) is 5.69 Å². The van der Waals surface area contributed by atoms with E-state index < -0.39 is 11.9 Å². The molecule has 1 amide bonds. The molecule has 2 N–H and O–H groups in total. The summed E-state index contributed by atoms with van der Waals surface area (Å²) in [5.74, 6) is -0.760. The Balaban J connectivity index is 1.91. The second-order valence-electron chi connectivity index (χ2n) is 5.16. The van der Waals surface area contributed by atoms with Crippen LogP contribution in [0.3, 0.4) is 0 Å². The van der Waals surface area contributed by atoms with Crippen molar-refractivity contribution in [1.29, 1.82) is 0 Å². The van der Waals surface area contributed by atoms with Gasteiger partial charge in [0.2, 0.25) is 0 Å². The number of esters is 1. The van der Waals surface area contributed by atoms with E-state index in [9.17, 15) is 14.7 Å². The third kappa shape index (κ3) is 6.78. The summed E-state index contributed by atoms with van der Waals surface area (Å²) in [4.78, 5) is 23.8. The van der Waals surface area contributed by atoms with Gasteiger partial charge in [-0.3, -0.25) is 4.79 Å². The largest absolute Gasteiger partial charge is 0.504 e. The molecule has 0 fully saturated rings. The molecule has 0 aliphatic heterocycles. The molecule has 0 saturated heterocycles. The summed E-state index contributed by atoms with van der Waals surface area (Å²) < 4.78 is 12.8. The summed E-state index contributed by atoms with van der Waals surface area (Å²) >= 11 is 6.49. The highest BCUT2D eigenvalue weighted by molar-refractivity contribution is 14.1. The number of anilines is 1. The molecular formula is C18H14I3NO5. The number of hydrogen-bond donors (Lipinski definition) is 2. The lowest BCUT2D eigenvalue weighted by Gasteiger charge is -2.10. The van der Waals surface area contributed by atoms with Gasteiger partial charge in [-0.05, 0) is 104 Å². The highest BCUT2D eigenvalue weighted by Crippen LogP contribution is 2.28. The Kier molecular flexibility index (Phi) is 8.60. The van der Waals surface area contributed by atoms with Crippen molar-refractivity contribution in [2.45, 2.75) is 0 Å². The fourth-order valence-corrected chi connectivity index (χ4v) is 5.84. The van der Waals surface area contributed by atoms with Crippen molar-refractivity contribution >= 4 is 91.4 Å². The van der Waals surface area contributed by atoms with Gasteiger partial charge in [0.05, 0.1) is 12.8 Å². The first kappa shape index (κ1) is 22.2. The van der Waals surface area contributed by atoms with Crippen LogP contribution < -0.4 is 10.1 Å². The molecule has 0 aromatic heterocycles. The van der Waals surface area contributed by atoms with Gasteiger partial charge < -0.3 is 19.9 Å². The monoisotopic (exact) mass is 705 g/mol. The van der Waals surface area contributed by atoms with E-state index in [1.54, 1.807) is 12.1 Å². The first-order valence-electron chi connectivity index (χ1n) is 7.46. The maximum atomic E-state index is 12.0. The molecule has 0 heterocycles. The number of methoxy groups -OCH3 is 1. The van der Waals surface area contributed by atoms with E-state index in [0.29, 0.717) is 17.0 Å². The quantitative estimate of drug-likeness (QED) is 0.265. The molecule has 0 spiro atoms. The van der Waals surface area contributed by atoms with Gasteiger partial charge in [0.15, 0.2) is 18.1 Å². The van der Waals surface area contributed by atoms with Crippen LogP contribution in [-0.2, 0) is 14.3 Å². The fraction of sp³-hybridized carbons (Fsp3) is 0.111. The van der Waals surface area contributed by atoms with E-state index in [4.69, 9.17) is 9.47 Å². The molecule has 0 saturated carbocycles. The third-order valence-corrected chi connectivity index (χ3v) is 5.56. The topological polar surface area (TPSA) is 84.9 Å². The number of benzene rings is 2. The second kappa shape index (κ2) is 10.5. The molecule has 2 aromatic rings. The smallest absolute Gasteiger partial charge is 0.331 e. The average Bonchev–Trinajstić information content (AvgIpc) is 2.62. The second-order valence-corrected chi connectivity index (χ2v) is 8.73. The highest BCUT2D eigenvalue weighted by Gasteiger charge is 2.12. The van der Waals surface area contributed by atoms with Crippen molar-refractivity contribution in [3.8, 4) is 11.5 Å². The lowest BCUT2D eigenvalue weighted by atomic mass is 10.2. The molecule has 0 unspecified atom stereocenters. The number of amides is 1. The molecular weight excluding hydrogens is 691 g/mol. The predicted octanol–water partition coefficient (Wildman–Crippen LogP) is 4.41. The van der Waals surface area contributed by atoms with Crippen LogP contribution in [-0.4, -0.2) is 30.7 Å². The van der Waals surface area contributed by atoms with Gasteiger partial charge in [0.1, 0.15) is 0 Å². The van der Waals surface area contributed by atoms with E-state index >= 15 is 0 Å². The van der Waals surface area contributed by atoms with Gasteiger partial charge in [0.25, 0.3) is 5.91 Å². The molecule has 2 rings (SSSR count). The van der Waals surface area contributed by atoms with E-state index in [1.165, 1.54) is 25.3 Å². The zero-order valence-corrected chi connectivity index (χ0v) is 20.4. The van der Waals surface area contributed by atoms with Gasteiger partial charge in [-0.2, -0.15) is 0 Å². The lowest BCUT2D eigenvalue weighted by molar-refractivity contribution is -0.142. The first-order chi connectivity index (χ1) is 12.8. The Morgan fingerprint density at radius 3 is 2.44 bits per heavy atom. The average molecular weight is 705 g/mol. The molecule has 0 radical (unpaired) electrons. The standard InChI is InChI=1S/C18H14I3NO5/c1-26-15-6-10(2-4-14(15)23)3-5-17(25)27-9-16(24)22-18-12(20)7-11(19)8-13(18)21/h2-8,23H,9H2,1H3,(H,22,24)/b5-3+. The van der Waals surface area contributed by atoms with Crippen LogP contribution in [0.15, 0.2) is 36.4 Å². The Morgan fingerprint density at radius 2 is 1.81 bits per heavy atom. The number of hydrogen-bond acceptors (Lipinski definition) is 5. The normalized spacial score (nSPS) is 10.7. The van der Waals surface area contributed by atoms with Crippen molar-refractivity contribution in [2.24, 2.45) is 0 Å². The number of carbonyl (C=O) groups excluding carboxylic acids is 2. The van der Waals surface area contributed by atoms with Crippen molar-refractivity contribution in [1.82, 2.24) is 0 Å². The van der Waals surface area contributed by atoms with Crippen molar-refractivity contribution < 1.29 is 24.2 Å². The van der Waals surface area contributed by atoms with E-state index in [-0.39, 0.29) is 12.4 Å². The minimum atomic E-state index is -0.649. The molecule has 9 heteroatoms. The molecule has 0 atom stereocenters. The SMILES string of the molecule is COc1cc(/C=C/C(=O)OCC(=O)Nc2c(I)cc(I)cc2I)ccc1O. The number of phenols is 1. The molecule has 142 valence electrons. The maximum Gasteiger partial charge on any atom is 0.331 e. The Labute approximate surface area is 197 Å². The van der Waals surface area contributed by atoms with Crippen LogP contribution >= 0.6 is 67.8 Å². The lowest BCUT2D eigenvalue weighted by Crippen LogP contribution is -2.21. The Hall–Kier alpha value is -1.09. The minimum absolute atomic E-state index is 0.00811. The zero-order chi connectivity index (χ0) is 20.0. The highest BCUT2D eigenvalue weighted by atomic mass is 127. The number of phenolic OH excluding ortho intramolecular Hbond substituents is 1. The maximum absolute atomic E-state index is 12.0. The number of halogens is 3. The van der Waals surface area contributed by atoms with Gasteiger partial charge in [-0.15, -0.1) is 0 Å². The summed E-state index contributed by atoms with van der Waals surface area (Å²) in [6.45, 7) is -0.389. The molecule has 0 aliphatic rings. The minimum Gasteiger partial charge on any atom is -0.504 e. The number of ether oxygens (including phenoxy) is 2. The van der Waals surface area contributed by atoms with Crippen molar-refractivity contribution in [3.63, 3.8) is 0 Å². The van der Waals surface area contributed by atoms with Crippen LogP contribution in [0.5, 0.6) is 11.5 Å². The van der Waals surface area contributed by atoms with Gasteiger partial charge in [-0.25, -0.2) is 4.79 Å². The van der Waals surface area contributed by atoms with Crippen LogP contribution in [0.2, 0.25) is 0 Å². The van der Waals surface area contributed by atoms with Crippen LogP contribution in [0.25, 0.3) is 6.08 Å². The van der Waals surface area contributed by atoms with Crippen molar-refractivity contribution in [2.75, 3.05) is 19.0 Å². The van der Waals surface area contributed by atoms with E-state index in [0.717, 1.165) is 10.7 Å². The molecule has 0 aliphatic carbocycles. The van der Waals surface area contributed by atoms with Crippen LogP contribution in [0.1, 0.15) is 5.56 Å². The van der Waals surface area contributed by atoms with Gasteiger partial charge in [0, 0.05) is 16.8 Å². The number of rotatable bonds is 6. The van der Waals surface area contributed by atoms with E-state index in [1.807, 2.05) is 12.1 Å². The van der Waals surface area contributed by atoms with Crippen LogP contribution in [0, 0.1) is 10.7 Å². The summed E-state index contributed by atoms with van der Waals surface area (Å²) in [5, 5.41) is 12.3. The number of carbonyl (C=O) groups is 2. The zero-order valence-electron chi connectivity index (χ0n) is 14.0. The molecule has 6 nitrogen and oxygen atoms in total. The number of nitrogens with one attached hydrogen (secondary N) is 1. The summed E-state index contributed by atoms with van der Waals surface area (Å²) in [6, 6.07) is 8.54. The van der Waals surface area contributed by atoms with Gasteiger partial charge >= 0.3 is 5.97 Å². The summed E-state index contributed by atoms with van der Waals surface area (Å²) in [6.07, 6.45) is 2.71. The molecule has 0 bridgehead atoms. The molecule has 2 aromatic carbocycles. The predicted molar refractivity (Wildman–Crippen MR) is 128 cm³/mol. The van der Waals surface area contributed by atoms with E-state index in [2.05, 4.69) is 73.1 Å². The molecule has 27 heavy (non-hydrogen) atoms. The van der Waals surface area contributed by atoms with Gasteiger partial charge in [-0.1, -0.05) is 6.07 Å². The number of aromatic hydroxyl groups is 1. The summed E-state index contributed by atoms with van der Waals surface area (Å²) in [7, 11) is 1.44. The van der Waals surface area contributed by atoms with Crippen molar-refractivity contribution in [3.05, 3.63) is 52.7 Å². The third-order valence-electron chi connectivity index (χ3n) is 3.23. The first-order valence-corrected chi connectivity index (χ1v) is 10.7. The fourth-order valence-electron chi connectivity index (χ4n) is 1.98. The Bertz CT molecular complexity index is 876.